The highest BCUT2D eigenvalue weighted by molar-refractivity contribution is 7.11. The number of ketones is 1. The number of rotatable bonds is 3. The summed E-state index contributed by atoms with van der Waals surface area (Å²) in [5.41, 5.74) is 2.52. The van der Waals surface area contributed by atoms with Crippen molar-refractivity contribution in [3.63, 3.8) is 0 Å². The van der Waals surface area contributed by atoms with Crippen molar-refractivity contribution in [2.24, 2.45) is 0 Å². The largest absolute Gasteiger partial charge is 0.293 e. The van der Waals surface area contributed by atoms with E-state index in [9.17, 15) is 4.79 Å². The quantitative estimate of drug-likeness (QED) is 0.751. The first-order valence-corrected chi connectivity index (χ1v) is 5.84. The van der Waals surface area contributed by atoms with Crippen LogP contribution in [0.15, 0.2) is 17.1 Å². The molecule has 0 spiro atoms. The number of hydrogen-bond acceptors (Lipinski definition) is 5. The van der Waals surface area contributed by atoms with Gasteiger partial charge in [-0.1, -0.05) is 0 Å². The second-order valence-electron chi connectivity index (χ2n) is 2.82. The Bertz CT molecular complexity index is 433. The molecule has 0 bridgehead atoms. The summed E-state index contributed by atoms with van der Waals surface area (Å²) in [7, 11) is 0. The SMILES string of the molecule is Cc1nc(CC(=O)c2cncs2)cs1. The van der Waals surface area contributed by atoms with Gasteiger partial charge < -0.3 is 0 Å². The van der Waals surface area contributed by atoms with Gasteiger partial charge in [0.15, 0.2) is 5.78 Å². The Labute approximate surface area is 89.5 Å². The van der Waals surface area contributed by atoms with Crippen LogP contribution in [-0.2, 0) is 6.42 Å². The molecule has 72 valence electrons. The summed E-state index contributed by atoms with van der Waals surface area (Å²) in [5.74, 6) is 0.0952. The Morgan fingerprint density at radius 2 is 2.36 bits per heavy atom. The van der Waals surface area contributed by atoms with E-state index in [0.717, 1.165) is 10.7 Å². The number of thiazole rings is 2. The Morgan fingerprint density at radius 1 is 1.50 bits per heavy atom. The summed E-state index contributed by atoms with van der Waals surface area (Å²) in [6, 6.07) is 0. The van der Waals surface area contributed by atoms with Crippen LogP contribution in [0.2, 0.25) is 0 Å². The molecular formula is C9H8N2OS2. The van der Waals surface area contributed by atoms with Crippen LogP contribution in [0, 0.1) is 6.92 Å². The lowest BCUT2D eigenvalue weighted by atomic mass is 10.2. The standard InChI is InChI=1S/C9H8N2OS2/c1-6-11-7(4-13-6)2-8(12)9-3-10-5-14-9/h3-5H,2H2,1H3. The fourth-order valence-corrected chi connectivity index (χ4v) is 2.27. The normalized spacial score (nSPS) is 10.4. The number of aromatic nitrogens is 2. The fraction of sp³-hybridized carbons (Fsp3) is 0.222. The number of Topliss-reactive ketones (excluding diaryl/α,β-unsaturated/α-hetero) is 1. The lowest BCUT2D eigenvalue weighted by Crippen LogP contribution is -2.01. The molecule has 5 heteroatoms. The first-order valence-electron chi connectivity index (χ1n) is 4.08. The first-order chi connectivity index (χ1) is 6.75. The molecule has 0 radical (unpaired) electrons. The molecule has 0 aromatic carbocycles. The van der Waals surface area contributed by atoms with E-state index < -0.39 is 0 Å². The van der Waals surface area contributed by atoms with E-state index in [1.807, 2.05) is 12.3 Å². The Hall–Kier alpha value is -1.07. The molecular weight excluding hydrogens is 216 g/mol. The minimum atomic E-state index is 0.0952. The van der Waals surface area contributed by atoms with Crippen LogP contribution in [0.25, 0.3) is 0 Å². The zero-order chi connectivity index (χ0) is 9.97. The van der Waals surface area contributed by atoms with Crippen molar-refractivity contribution in [2.45, 2.75) is 13.3 Å². The highest BCUT2D eigenvalue weighted by atomic mass is 32.1. The maximum Gasteiger partial charge on any atom is 0.180 e. The second kappa shape index (κ2) is 3.98. The van der Waals surface area contributed by atoms with E-state index in [1.165, 1.54) is 11.3 Å². The molecule has 3 nitrogen and oxygen atoms in total. The van der Waals surface area contributed by atoms with Crippen molar-refractivity contribution in [3.8, 4) is 0 Å². The van der Waals surface area contributed by atoms with Crippen molar-refractivity contribution >= 4 is 28.5 Å². The molecule has 0 aliphatic rings. The predicted molar refractivity (Wildman–Crippen MR) is 57.0 cm³/mol. The lowest BCUT2D eigenvalue weighted by molar-refractivity contribution is 0.0996. The fourth-order valence-electron chi connectivity index (χ4n) is 1.09. The molecule has 0 aliphatic heterocycles. The van der Waals surface area contributed by atoms with Gasteiger partial charge in [-0.25, -0.2) is 4.98 Å². The summed E-state index contributed by atoms with van der Waals surface area (Å²) in [4.78, 5) is 20.4. The molecule has 0 aliphatic carbocycles. The summed E-state index contributed by atoms with van der Waals surface area (Å²) < 4.78 is 0. The summed E-state index contributed by atoms with van der Waals surface area (Å²) in [6.45, 7) is 1.94. The molecule has 14 heavy (non-hydrogen) atoms. The van der Waals surface area contributed by atoms with Crippen LogP contribution in [0.5, 0.6) is 0 Å². The maximum atomic E-state index is 11.6. The molecule has 0 unspecified atom stereocenters. The van der Waals surface area contributed by atoms with Crippen molar-refractivity contribution in [1.29, 1.82) is 0 Å². The topological polar surface area (TPSA) is 42.9 Å². The number of carbonyl (C=O) groups excluding carboxylic acids is 1. The van der Waals surface area contributed by atoms with Gasteiger partial charge in [-0.15, -0.1) is 22.7 Å². The van der Waals surface area contributed by atoms with Gasteiger partial charge in [0.2, 0.25) is 0 Å². The van der Waals surface area contributed by atoms with Crippen LogP contribution in [0.3, 0.4) is 0 Å². The van der Waals surface area contributed by atoms with Crippen LogP contribution in [0.4, 0.5) is 0 Å². The molecule has 2 aromatic heterocycles. The minimum Gasteiger partial charge on any atom is -0.293 e. The third-order valence-corrected chi connectivity index (χ3v) is 3.35. The molecule has 2 aromatic rings. The summed E-state index contributed by atoms with van der Waals surface area (Å²) in [5, 5.41) is 2.92. The summed E-state index contributed by atoms with van der Waals surface area (Å²) >= 11 is 2.94. The minimum absolute atomic E-state index is 0.0952. The predicted octanol–water partition coefficient (Wildman–Crippen LogP) is 2.33. The van der Waals surface area contributed by atoms with Crippen molar-refractivity contribution in [1.82, 2.24) is 9.97 Å². The number of hydrogen-bond donors (Lipinski definition) is 0. The van der Waals surface area contributed by atoms with Gasteiger partial charge in [-0.3, -0.25) is 9.78 Å². The van der Waals surface area contributed by atoms with Crippen molar-refractivity contribution < 1.29 is 4.79 Å². The van der Waals surface area contributed by atoms with Gasteiger partial charge in [0, 0.05) is 11.6 Å². The highest BCUT2D eigenvalue weighted by Gasteiger charge is 2.10. The van der Waals surface area contributed by atoms with Gasteiger partial charge in [0.25, 0.3) is 0 Å². The molecule has 0 amide bonds. The average molecular weight is 224 g/mol. The zero-order valence-corrected chi connectivity index (χ0v) is 9.19. The molecule has 2 heterocycles. The van der Waals surface area contributed by atoms with E-state index in [-0.39, 0.29) is 5.78 Å². The van der Waals surface area contributed by atoms with E-state index in [4.69, 9.17) is 0 Å². The smallest absolute Gasteiger partial charge is 0.180 e. The molecule has 0 saturated heterocycles. The van der Waals surface area contributed by atoms with E-state index in [0.29, 0.717) is 11.3 Å². The van der Waals surface area contributed by atoms with Crippen LogP contribution >= 0.6 is 22.7 Å². The van der Waals surface area contributed by atoms with Gasteiger partial charge in [-0.2, -0.15) is 0 Å². The van der Waals surface area contributed by atoms with Crippen LogP contribution in [0.1, 0.15) is 20.4 Å². The molecule has 2 rings (SSSR count). The zero-order valence-electron chi connectivity index (χ0n) is 7.56. The number of carbonyl (C=O) groups is 1. The van der Waals surface area contributed by atoms with E-state index in [1.54, 1.807) is 23.0 Å². The molecule has 0 N–H and O–H groups in total. The highest BCUT2D eigenvalue weighted by Crippen LogP contribution is 2.13. The lowest BCUT2D eigenvalue weighted by Gasteiger charge is -1.92. The van der Waals surface area contributed by atoms with Crippen molar-refractivity contribution in [3.05, 3.63) is 32.7 Å². The summed E-state index contributed by atoms with van der Waals surface area (Å²) in [6.07, 6.45) is 1.98. The Kier molecular flexibility index (Phi) is 2.69. The third-order valence-electron chi connectivity index (χ3n) is 1.72. The van der Waals surface area contributed by atoms with Gasteiger partial charge >= 0.3 is 0 Å². The average Bonchev–Trinajstić information content (AvgIpc) is 2.75. The Morgan fingerprint density at radius 3 is 2.93 bits per heavy atom. The van der Waals surface area contributed by atoms with E-state index in [2.05, 4.69) is 9.97 Å². The second-order valence-corrected chi connectivity index (χ2v) is 4.77. The molecule has 0 fully saturated rings. The molecule has 0 atom stereocenters. The van der Waals surface area contributed by atoms with Crippen LogP contribution in [-0.4, -0.2) is 15.8 Å². The van der Waals surface area contributed by atoms with Crippen LogP contribution < -0.4 is 0 Å². The van der Waals surface area contributed by atoms with E-state index >= 15 is 0 Å². The molecule has 0 saturated carbocycles. The van der Waals surface area contributed by atoms with Crippen molar-refractivity contribution in [2.75, 3.05) is 0 Å². The first kappa shape index (κ1) is 9.48. The Balaban J connectivity index is 2.09. The van der Waals surface area contributed by atoms with Gasteiger partial charge in [0.05, 0.1) is 27.5 Å². The number of aryl methyl sites for hydroxylation is 1. The van der Waals surface area contributed by atoms with Gasteiger partial charge in [-0.05, 0) is 6.92 Å². The monoisotopic (exact) mass is 224 g/mol. The van der Waals surface area contributed by atoms with Gasteiger partial charge in [0.1, 0.15) is 0 Å². The third kappa shape index (κ3) is 2.05. The number of nitrogens with zero attached hydrogens (tertiary/aromatic N) is 2. The maximum absolute atomic E-state index is 11.6.